The second-order valence-electron chi connectivity index (χ2n) is 10.9. The first-order valence-electron chi connectivity index (χ1n) is 14.3. The van der Waals surface area contributed by atoms with Crippen LogP contribution in [-0.4, -0.2) is 54.1 Å². The van der Waals surface area contributed by atoms with E-state index in [0.29, 0.717) is 23.4 Å². The molecule has 9 heteroatoms. The Hall–Kier alpha value is -2.36. The van der Waals surface area contributed by atoms with Crippen LogP contribution < -0.4 is 10.6 Å². The van der Waals surface area contributed by atoms with Gasteiger partial charge in [0.1, 0.15) is 5.37 Å². The minimum absolute atomic E-state index is 0.197. The summed E-state index contributed by atoms with van der Waals surface area (Å²) in [4.78, 5) is 24.5. The zero-order valence-electron chi connectivity index (χ0n) is 24.1. The Balaban J connectivity index is 1.86. The normalized spacial score (nSPS) is 16.7. The molecule has 0 radical (unpaired) electrons. The number of carbonyl (C=O) groups excluding carboxylic acids is 1. The predicted octanol–water partition coefficient (Wildman–Crippen LogP) is 5.81. The summed E-state index contributed by atoms with van der Waals surface area (Å²) in [7, 11) is -3.71. The number of carbonyl (C=O) groups is 2. The van der Waals surface area contributed by atoms with Crippen molar-refractivity contribution in [2.45, 2.75) is 88.9 Å². The van der Waals surface area contributed by atoms with Crippen LogP contribution in [-0.2, 0) is 21.2 Å². The summed E-state index contributed by atoms with van der Waals surface area (Å²) in [6.07, 6.45) is 7.03. The Labute approximate surface area is 243 Å². The van der Waals surface area contributed by atoms with Crippen molar-refractivity contribution in [2.24, 2.45) is 5.92 Å². The van der Waals surface area contributed by atoms with E-state index < -0.39 is 27.1 Å². The van der Waals surface area contributed by atoms with E-state index in [4.69, 9.17) is 5.11 Å². The second kappa shape index (κ2) is 15.0. The molecule has 1 saturated carbocycles. The SMILES string of the molecule is CCSC(C1CCCCC1)C(C)NCc1ccc(C(=O)NC(CCC(=O)O)S(C)(=O)=O)c(-c2ccccc2C)c1. The summed E-state index contributed by atoms with van der Waals surface area (Å²) in [6, 6.07) is 13.8. The van der Waals surface area contributed by atoms with Crippen LogP contribution in [0.25, 0.3) is 11.1 Å². The number of thioether (sulfide) groups is 1. The van der Waals surface area contributed by atoms with E-state index in [-0.39, 0.29) is 12.8 Å². The van der Waals surface area contributed by atoms with Crippen molar-refractivity contribution >= 4 is 33.5 Å². The number of benzene rings is 2. The maximum absolute atomic E-state index is 13.4. The number of nitrogens with one attached hydrogen (secondary N) is 2. The Morgan fingerprint density at radius 2 is 1.77 bits per heavy atom. The highest BCUT2D eigenvalue weighted by atomic mass is 32.2. The highest BCUT2D eigenvalue weighted by Gasteiger charge is 2.29. The number of sulfone groups is 1. The predicted molar refractivity (Wildman–Crippen MR) is 164 cm³/mol. The molecule has 2 aromatic rings. The fraction of sp³-hybridized carbons (Fsp3) is 0.548. The number of rotatable bonds is 14. The van der Waals surface area contributed by atoms with Gasteiger partial charge in [-0.05, 0) is 79.2 Å². The largest absolute Gasteiger partial charge is 0.481 e. The number of aryl methyl sites for hydroxylation is 1. The summed E-state index contributed by atoms with van der Waals surface area (Å²) in [5.41, 5.74) is 4.01. The minimum atomic E-state index is -3.71. The molecule has 1 aliphatic rings. The monoisotopic (exact) mass is 588 g/mol. The lowest BCUT2D eigenvalue weighted by atomic mass is 9.84. The number of aliphatic carboxylic acids is 1. The minimum Gasteiger partial charge on any atom is -0.481 e. The summed E-state index contributed by atoms with van der Waals surface area (Å²) >= 11 is 2.05. The molecule has 1 amide bonds. The lowest BCUT2D eigenvalue weighted by Crippen LogP contribution is -2.41. The van der Waals surface area contributed by atoms with E-state index in [2.05, 4.69) is 24.5 Å². The summed E-state index contributed by atoms with van der Waals surface area (Å²) in [6.45, 7) is 7.13. The lowest BCUT2D eigenvalue weighted by Gasteiger charge is -2.34. The van der Waals surface area contributed by atoms with E-state index in [0.717, 1.165) is 40.2 Å². The fourth-order valence-electron chi connectivity index (χ4n) is 5.61. The van der Waals surface area contributed by atoms with E-state index in [1.165, 1.54) is 32.1 Å². The molecule has 0 spiro atoms. The Morgan fingerprint density at radius 3 is 2.40 bits per heavy atom. The van der Waals surface area contributed by atoms with Gasteiger partial charge in [-0.15, -0.1) is 0 Å². The van der Waals surface area contributed by atoms with Crippen LogP contribution in [0.2, 0.25) is 0 Å². The standard InChI is InChI=1S/C31H44N2O5S2/c1-5-39-30(24-12-7-6-8-13-24)22(3)32-20-23-15-16-26(27(19-23)25-14-10-9-11-21(25)2)31(36)33-28(40(4,37)38)17-18-29(34)35/h9-11,14-16,19,22,24,28,30,32H,5-8,12-13,17-18,20H2,1-4H3,(H,33,36)(H,34,35). The number of carboxylic acids is 1. The quantitative estimate of drug-likeness (QED) is 0.255. The molecule has 3 unspecified atom stereocenters. The third-order valence-corrected chi connectivity index (χ3v) is 10.7. The molecule has 1 fully saturated rings. The van der Waals surface area contributed by atoms with Crippen molar-refractivity contribution in [3.05, 3.63) is 59.2 Å². The molecule has 0 aromatic heterocycles. The number of hydrogen-bond acceptors (Lipinski definition) is 6. The van der Waals surface area contributed by atoms with Crippen molar-refractivity contribution in [3.63, 3.8) is 0 Å². The van der Waals surface area contributed by atoms with E-state index >= 15 is 0 Å². The van der Waals surface area contributed by atoms with Gasteiger partial charge in [0, 0.05) is 36.1 Å². The number of hydrogen-bond donors (Lipinski definition) is 3. The van der Waals surface area contributed by atoms with Gasteiger partial charge < -0.3 is 15.7 Å². The van der Waals surface area contributed by atoms with E-state index in [9.17, 15) is 18.0 Å². The third kappa shape index (κ3) is 9.08. The first-order valence-corrected chi connectivity index (χ1v) is 17.3. The topological polar surface area (TPSA) is 113 Å². The Bertz CT molecular complexity index is 1260. The summed E-state index contributed by atoms with van der Waals surface area (Å²) < 4.78 is 24.6. The van der Waals surface area contributed by atoms with Gasteiger partial charge in [0.05, 0.1) is 0 Å². The molecule has 220 valence electrons. The van der Waals surface area contributed by atoms with Gasteiger partial charge in [0.15, 0.2) is 9.84 Å². The summed E-state index contributed by atoms with van der Waals surface area (Å²) in [5, 5.41) is 14.7. The zero-order valence-corrected chi connectivity index (χ0v) is 25.7. The fourth-order valence-corrected chi connectivity index (χ4v) is 7.79. The summed E-state index contributed by atoms with van der Waals surface area (Å²) in [5.74, 6) is 0.176. The smallest absolute Gasteiger partial charge is 0.303 e. The van der Waals surface area contributed by atoms with E-state index in [1.807, 2.05) is 55.1 Å². The van der Waals surface area contributed by atoms with Crippen LogP contribution in [0.5, 0.6) is 0 Å². The zero-order chi connectivity index (χ0) is 29.3. The molecule has 7 nitrogen and oxygen atoms in total. The molecule has 3 atom stereocenters. The Morgan fingerprint density at radius 1 is 1.07 bits per heavy atom. The molecule has 1 aliphatic carbocycles. The first-order chi connectivity index (χ1) is 19.0. The molecule has 40 heavy (non-hydrogen) atoms. The highest BCUT2D eigenvalue weighted by molar-refractivity contribution is 7.99. The first kappa shape index (κ1) is 32.2. The van der Waals surface area contributed by atoms with Gasteiger partial charge in [-0.1, -0.05) is 56.5 Å². The number of amides is 1. The third-order valence-electron chi connectivity index (χ3n) is 7.79. The molecule has 0 heterocycles. The second-order valence-corrected chi connectivity index (χ2v) is 14.6. The van der Waals surface area contributed by atoms with Gasteiger partial charge in [-0.3, -0.25) is 9.59 Å². The molecule has 0 saturated heterocycles. The van der Waals surface area contributed by atoms with Gasteiger partial charge in [-0.25, -0.2) is 8.42 Å². The average molecular weight is 589 g/mol. The van der Waals surface area contributed by atoms with Crippen molar-refractivity contribution in [3.8, 4) is 11.1 Å². The van der Waals surface area contributed by atoms with Gasteiger partial charge >= 0.3 is 5.97 Å². The molecule has 3 rings (SSSR count). The molecular weight excluding hydrogens is 544 g/mol. The van der Waals surface area contributed by atoms with Crippen LogP contribution in [0.3, 0.4) is 0 Å². The lowest BCUT2D eigenvalue weighted by molar-refractivity contribution is -0.137. The van der Waals surface area contributed by atoms with Gasteiger partial charge in [-0.2, -0.15) is 11.8 Å². The molecule has 3 N–H and O–H groups in total. The van der Waals surface area contributed by atoms with Crippen molar-refractivity contribution in [2.75, 3.05) is 12.0 Å². The van der Waals surface area contributed by atoms with Gasteiger partial charge in [0.2, 0.25) is 0 Å². The average Bonchev–Trinajstić information content (AvgIpc) is 2.92. The molecule has 2 aromatic carbocycles. The van der Waals surface area contributed by atoms with Crippen LogP contribution in [0.1, 0.15) is 80.3 Å². The van der Waals surface area contributed by atoms with Crippen LogP contribution >= 0.6 is 11.8 Å². The molecular formula is C31H44N2O5S2. The van der Waals surface area contributed by atoms with Crippen molar-refractivity contribution in [1.82, 2.24) is 10.6 Å². The van der Waals surface area contributed by atoms with Crippen LogP contribution in [0.15, 0.2) is 42.5 Å². The van der Waals surface area contributed by atoms with Crippen molar-refractivity contribution in [1.29, 1.82) is 0 Å². The van der Waals surface area contributed by atoms with Crippen molar-refractivity contribution < 1.29 is 23.1 Å². The van der Waals surface area contributed by atoms with Crippen LogP contribution in [0.4, 0.5) is 0 Å². The molecule has 0 bridgehead atoms. The van der Waals surface area contributed by atoms with Crippen LogP contribution in [0, 0.1) is 12.8 Å². The molecule has 0 aliphatic heterocycles. The van der Waals surface area contributed by atoms with Gasteiger partial charge in [0.25, 0.3) is 5.91 Å². The maximum atomic E-state index is 13.4. The Kier molecular flexibility index (Phi) is 12.1. The number of carboxylic acid groups (broad SMARTS) is 1. The maximum Gasteiger partial charge on any atom is 0.303 e. The van der Waals surface area contributed by atoms with E-state index in [1.54, 1.807) is 6.07 Å². The highest BCUT2D eigenvalue weighted by Crippen LogP contribution is 2.35.